The third-order valence-electron chi connectivity index (χ3n) is 2.54. The van der Waals surface area contributed by atoms with Crippen LogP contribution in [0.15, 0.2) is 0 Å². The molecular formula is C12H25N2O8P. The SMILES string of the molecule is CCCOP(=O)(N[C@@H](CO)C(=O)N[C@@H](CO)C(=O)O)OCCC. The van der Waals surface area contributed by atoms with Gasteiger partial charge in [0.05, 0.1) is 26.4 Å². The van der Waals surface area contributed by atoms with Crippen molar-refractivity contribution in [3.8, 4) is 0 Å². The molecule has 0 aliphatic rings. The molecule has 0 heterocycles. The first-order valence-corrected chi connectivity index (χ1v) is 8.79. The van der Waals surface area contributed by atoms with Crippen LogP contribution in [0.5, 0.6) is 0 Å². The second-order valence-electron chi connectivity index (χ2n) is 4.61. The highest BCUT2D eigenvalue weighted by atomic mass is 31.2. The summed E-state index contributed by atoms with van der Waals surface area (Å²) < 4.78 is 22.7. The van der Waals surface area contributed by atoms with Crippen LogP contribution >= 0.6 is 7.75 Å². The first-order chi connectivity index (χ1) is 10.8. The molecule has 2 atom stereocenters. The Hall–Kier alpha value is -1.03. The van der Waals surface area contributed by atoms with Gasteiger partial charge >= 0.3 is 13.7 Å². The lowest BCUT2D eigenvalue weighted by molar-refractivity contribution is -0.143. The van der Waals surface area contributed by atoms with Gasteiger partial charge in [0.25, 0.3) is 0 Å². The fraction of sp³-hybridized carbons (Fsp3) is 0.833. The monoisotopic (exact) mass is 356 g/mol. The largest absolute Gasteiger partial charge is 0.480 e. The lowest BCUT2D eigenvalue weighted by atomic mass is 10.2. The van der Waals surface area contributed by atoms with Crippen molar-refractivity contribution in [1.29, 1.82) is 0 Å². The smallest absolute Gasteiger partial charge is 0.406 e. The summed E-state index contributed by atoms with van der Waals surface area (Å²) in [6.45, 7) is 2.22. The van der Waals surface area contributed by atoms with Crippen molar-refractivity contribution in [2.75, 3.05) is 26.4 Å². The molecule has 0 aromatic rings. The Morgan fingerprint density at radius 1 is 1.04 bits per heavy atom. The molecule has 0 aliphatic heterocycles. The van der Waals surface area contributed by atoms with Crippen LogP contribution in [0, 0.1) is 0 Å². The number of hydrogen-bond acceptors (Lipinski definition) is 7. The molecule has 0 saturated carbocycles. The fourth-order valence-corrected chi connectivity index (χ4v) is 3.02. The average Bonchev–Trinajstić information content (AvgIpc) is 2.53. The number of nitrogens with one attached hydrogen (secondary N) is 2. The molecule has 136 valence electrons. The van der Waals surface area contributed by atoms with E-state index in [9.17, 15) is 19.3 Å². The van der Waals surface area contributed by atoms with E-state index in [1.54, 1.807) is 13.8 Å². The number of aliphatic hydroxyl groups excluding tert-OH is 2. The van der Waals surface area contributed by atoms with E-state index in [1.165, 1.54) is 0 Å². The maximum absolute atomic E-state index is 12.5. The second-order valence-corrected chi connectivity index (χ2v) is 6.38. The van der Waals surface area contributed by atoms with Crippen molar-refractivity contribution < 1.29 is 38.5 Å². The Balaban J connectivity index is 4.92. The summed E-state index contributed by atoms with van der Waals surface area (Å²) in [5.74, 6) is -2.39. The molecule has 1 amide bonds. The highest BCUT2D eigenvalue weighted by molar-refractivity contribution is 7.51. The van der Waals surface area contributed by atoms with Crippen LogP contribution in [0.2, 0.25) is 0 Å². The summed E-state index contributed by atoms with van der Waals surface area (Å²) in [5, 5.41) is 31.2. The van der Waals surface area contributed by atoms with Crippen LogP contribution in [-0.2, 0) is 23.2 Å². The van der Waals surface area contributed by atoms with Crippen molar-refractivity contribution in [3.63, 3.8) is 0 Å². The van der Waals surface area contributed by atoms with Crippen LogP contribution in [0.3, 0.4) is 0 Å². The molecule has 0 rings (SSSR count). The maximum atomic E-state index is 12.5. The van der Waals surface area contributed by atoms with Gasteiger partial charge in [0.2, 0.25) is 5.91 Å². The number of carbonyl (C=O) groups is 2. The van der Waals surface area contributed by atoms with Gasteiger partial charge in [0, 0.05) is 0 Å². The van der Waals surface area contributed by atoms with Gasteiger partial charge in [-0.05, 0) is 12.8 Å². The Morgan fingerprint density at radius 3 is 1.87 bits per heavy atom. The van der Waals surface area contributed by atoms with E-state index in [0.29, 0.717) is 12.8 Å². The zero-order valence-corrected chi connectivity index (χ0v) is 14.1. The summed E-state index contributed by atoms with van der Waals surface area (Å²) >= 11 is 0. The lowest BCUT2D eigenvalue weighted by Crippen LogP contribution is -2.52. The quantitative estimate of drug-likeness (QED) is 0.274. The molecule has 0 aromatic heterocycles. The number of carboxylic acids is 1. The summed E-state index contributed by atoms with van der Waals surface area (Å²) in [6.07, 6.45) is 1.12. The Labute approximate surface area is 134 Å². The Bertz CT molecular complexity index is 408. The first kappa shape index (κ1) is 22.0. The predicted molar refractivity (Wildman–Crippen MR) is 80.8 cm³/mol. The zero-order valence-electron chi connectivity index (χ0n) is 13.2. The second kappa shape index (κ2) is 11.5. The van der Waals surface area contributed by atoms with Gasteiger partial charge in [-0.25, -0.2) is 14.4 Å². The Morgan fingerprint density at radius 2 is 1.52 bits per heavy atom. The molecule has 0 unspecified atom stereocenters. The van der Waals surface area contributed by atoms with Crippen LogP contribution in [0.25, 0.3) is 0 Å². The minimum atomic E-state index is -3.84. The number of aliphatic carboxylic acids is 1. The van der Waals surface area contributed by atoms with E-state index in [-0.39, 0.29) is 13.2 Å². The summed E-state index contributed by atoms with van der Waals surface area (Å²) in [6, 6.07) is -2.95. The molecule has 0 saturated heterocycles. The summed E-state index contributed by atoms with van der Waals surface area (Å²) in [5.41, 5.74) is 0. The topological polar surface area (TPSA) is 154 Å². The lowest BCUT2D eigenvalue weighted by Gasteiger charge is -2.24. The number of rotatable bonds is 13. The molecule has 0 bridgehead atoms. The molecule has 11 heteroatoms. The number of amides is 1. The van der Waals surface area contributed by atoms with Crippen molar-refractivity contribution in [1.82, 2.24) is 10.4 Å². The van der Waals surface area contributed by atoms with E-state index >= 15 is 0 Å². The van der Waals surface area contributed by atoms with Gasteiger partial charge in [0.1, 0.15) is 12.1 Å². The van der Waals surface area contributed by atoms with Gasteiger partial charge in [-0.2, -0.15) is 0 Å². The number of carboxylic acid groups (broad SMARTS) is 1. The van der Waals surface area contributed by atoms with E-state index in [0.717, 1.165) is 0 Å². The normalized spacial score (nSPS) is 14.3. The van der Waals surface area contributed by atoms with Crippen LogP contribution < -0.4 is 10.4 Å². The summed E-state index contributed by atoms with van der Waals surface area (Å²) in [4.78, 5) is 22.7. The van der Waals surface area contributed by atoms with Gasteiger partial charge < -0.3 is 20.6 Å². The molecule has 10 nitrogen and oxygen atoms in total. The zero-order chi connectivity index (χ0) is 17.9. The maximum Gasteiger partial charge on any atom is 0.406 e. The molecular weight excluding hydrogens is 331 g/mol. The average molecular weight is 356 g/mol. The van der Waals surface area contributed by atoms with E-state index in [1.807, 2.05) is 5.32 Å². The van der Waals surface area contributed by atoms with E-state index in [2.05, 4.69) is 5.09 Å². The predicted octanol–water partition coefficient (Wildman–Crippen LogP) is -0.540. The van der Waals surface area contributed by atoms with Crippen LogP contribution in [0.1, 0.15) is 26.7 Å². The standard InChI is InChI=1S/C12H25N2O8P/c1-3-5-21-23(20,22-6-4-2)14-9(7-15)11(17)13-10(8-16)12(18)19/h9-10,15-16H,3-8H2,1-2H3,(H,13,17)(H,14,20)(H,18,19)/t9-,10-/m0/s1. The first-order valence-electron chi connectivity index (χ1n) is 7.25. The minimum Gasteiger partial charge on any atom is -0.480 e. The molecule has 0 aliphatic carbocycles. The molecule has 23 heavy (non-hydrogen) atoms. The van der Waals surface area contributed by atoms with Gasteiger partial charge in [-0.1, -0.05) is 13.8 Å². The highest BCUT2D eigenvalue weighted by Crippen LogP contribution is 2.44. The number of carbonyl (C=O) groups excluding carboxylic acids is 1. The molecule has 5 N–H and O–H groups in total. The van der Waals surface area contributed by atoms with Gasteiger partial charge in [0.15, 0.2) is 0 Å². The van der Waals surface area contributed by atoms with Crippen molar-refractivity contribution in [2.45, 2.75) is 38.8 Å². The number of aliphatic hydroxyl groups is 2. The third kappa shape index (κ3) is 8.40. The number of hydrogen-bond donors (Lipinski definition) is 5. The molecule has 0 fully saturated rings. The molecule has 0 aromatic carbocycles. The van der Waals surface area contributed by atoms with Gasteiger partial charge in [-0.15, -0.1) is 0 Å². The highest BCUT2D eigenvalue weighted by Gasteiger charge is 2.33. The Kier molecular flexibility index (Phi) is 11.0. The van der Waals surface area contributed by atoms with Crippen molar-refractivity contribution >= 4 is 19.6 Å². The van der Waals surface area contributed by atoms with Crippen molar-refractivity contribution in [3.05, 3.63) is 0 Å². The molecule has 0 radical (unpaired) electrons. The summed E-state index contributed by atoms with van der Waals surface area (Å²) in [7, 11) is -3.84. The van der Waals surface area contributed by atoms with E-state index < -0.39 is 44.9 Å². The van der Waals surface area contributed by atoms with Gasteiger partial charge in [-0.3, -0.25) is 13.8 Å². The fourth-order valence-electron chi connectivity index (χ4n) is 1.37. The molecule has 0 spiro atoms. The van der Waals surface area contributed by atoms with Crippen LogP contribution in [0.4, 0.5) is 0 Å². The van der Waals surface area contributed by atoms with E-state index in [4.69, 9.17) is 19.3 Å². The third-order valence-corrected chi connectivity index (χ3v) is 4.21. The minimum absolute atomic E-state index is 0.113. The van der Waals surface area contributed by atoms with Crippen LogP contribution in [-0.4, -0.2) is 65.7 Å². The van der Waals surface area contributed by atoms with Crippen molar-refractivity contribution in [2.24, 2.45) is 0 Å².